The first kappa shape index (κ1) is 21.4. The lowest BCUT2D eigenvalue weighted by atomic mass is 10.0. The number of piperidine rings is 1. The van der Waals surface area contributed by atoms with E-state index in [1.165, 1.54) is 5.56 Å². The van der Waals surface area contributed by atoms with Crippen molar-refractivity contribution in [1.29, 1.82) is 5.26 Å². The van der Waals surface area contributed by atoms with E-state index in [1.807, 2.05) is 55.5 Å². The Hall–Kier alpha value is -2.82. The molecule has 1 fully saturated rings. The number of benzene rings is 2. The van der Waals surface area contributed by atoms with Gasteiger partial charge in [0.1, 0.15) is 4.34 Å². The third kappa shape index (κ3) is 5.66. The first-order valence-corrected chi connectivity index (χ1v) is 12.2. The quantitative estimate of drug-likeness (QED) is 0.537. The number of thiazole rings is 1. The zero-order valence-electron chi connectivity index (χ0n) is 17.4. The summed E-state index contributed by atoms with van der Waals surface area (Å²) in [6.45, 7) is 3.79. The molecule has 1 saturated heterocycles. The van der Waals surface area contributed by atoms with Gasteiger partial charge in [-0.1, -0.05) is 23.9 Å². The lowest BCUT2D eigenvalue weighted by molar-refractivity contribution is 0.0931. The smallest absolute Gasteiger partial charge is 0.251 e. The topological polar surface area (TPSA) is 69.0 Å². The zero-order chi connectivity index (χ0) is 21.6. The maximum Gasteiger partial charge on any atom is 0.251 e. The van der Waals surface area contributed by atoms with E-state index in [1.54, 1.807) is 23.1 Å². The maximum atomic E-state index is 12.7. The average Bonchev–Trinajstić information content (AvgIpc) is 3.23. The molecular formula is C24H24N4OS2. The molecule has 0 atom stereocenters. The molecule has 5 nitrogen and oxygen atoms in total. The number of hydrogen-bond donors (Lipinski definition) is 1. The number of nitrogens with zero attached hydrogens (tertiary/aromatic N) is 3. The molecule has 1 N–H and O–H groups in total. The maximum absolute atomic E-state index is 12.7. The Bertz CT molecular complexity index is 1060. The Labute approximate surface area is 191 Å². The molecule has 0 radical (unpaired) electrons. The van der Waals surface area contributed by atoms with Gasteiger partial charge in [0.2, 0.25) is 0 Å². The second-order valence-corrected chi connectivity index (χ2v) is 9.71. The number of carbonyl (C=O) groups is 1. The van der Waals surface area contributed by atoms with E-state index in [0.717, 1.165) is 47.4 Å². The highest BCUT2D eigenvalue weighted by atomic mass is 32.2. The minimum Gasteiger partial charge on any atom is -0.371 e. The number of rotatable bonds is 6. The summed E-state index contributed by atoms with van der Waals surface area (Å²) < 4.78 is 1.08. The average molecular weight is 449 g/mol. The molecule has 0 unspecified atom stereocenters. The molecule has 1 aliphatic heterocycles. The van der Waals surface area contributed by atoms with E-state index in [9.17, 15) is 4.79 Å². The molecule has 0 saturated carbocycles. The lowest BCUT2D eigenvalue weighted by Gasteiger charge is -2.34. The molecule has 3 aromatic rings. The molecule has 1 amide bonds. The largest absolute Gasteiger partial charge is 0.371 e. The van der Waals surface area contributed by atoms with Crippen LogP contribution < -0.4 is 10.2 Å². The number of amides is 1. The number of aromatic nitrogens is 1. The van der Waals surface area contributed by atoms with Gasteiger partial charge in [-0.15, -0.1) is 11.3 Å². The number of carbonyl (C=O) groups excluding carboxylic acids is 1. The molecule has 158 valence electrons. The van der Waals surface area contributed by atoms with Gasteiger partial charge in [0.05, 0.1) is 11.6 Å². The van der Waals surface area contributed by atoms with Crippen molar-refractivity contribution in [3.63, 3.8) is 0 Å². The molecular weight excluding hydrogens is 424 g/mol. The predicted octanol–water partition coefficient (Wildman–Crippen LogP) is 5.01. The summed E-state index contributed by atoms with van der Waals surface area (Å²) in [6.07, 6.45) is 1.82. The van der Waals surface area contributed by atoms with E-state index in [0.29, 0.717) is 11.1 Å². The Balaban J connectivity index is 1.25. The highest BCUT2D eigenvalue weighted by Crippen LogP contribution is 2.26. The van der Waals surface area contributed by atoms with Crippen LogP contribution in [0.1, 0.15) is 40.0 Å². The van der Waals surface area contributed by atoms with E-state index >= 15 is 0 Å². The molecule has 7 heteroatoms. The Morgan fingerprint density at radius 3 is 2.52 bits per heavy atom. The van der Waals surface area contributed by atoms with Gasteiger partial charge in [-0.05, 0) is 61.7 Å². The first-order chi connectivity index (χ1) is 15.1. The number of anilines is 1. The fourth-order valence-electron chi connectivity index (χ4n) is 3.59. The van der Waals surface area contributed by atoms with Crippen LogP contribution in [0.4, 0.5) is 5.69 Å². The van der Waals surface area contributed by atoms with Crippen molar-refractivity contribution in [1.82, 2.24) is 10.3 Å². The Kier molecular flexibility index (Phi) is 6.90. The monoisotopic (exact) mass is 448 g/mol. The third-order valence-corrected chi connectivity index (χ3v) is 7.58. The summed E-state index contributed by atoms with van der Waals surface area (Å²) in [5, 5.41) is 14.2. The number of nitrogens with one attached hydrogen (secondary N) is 1. The van der Waals surface area contributed by atoms with Crippen LogP contribution in [-0.4, -0.2) is 30.0 Å². The van der Waals surface area contributed by atoms with Gasteiger partial charge in [-0.3, -0.25) is 4.79 Å². The molecule has 0 spiro atoms. The molecule has 2 heterocycles. The third-order valence-electron chi connectivity index (χ3n) is 5.37. The second-order valence-electron chi connectivity index (χ2n) is 7.63. The molecule has 2 aromatic carbocycles. The van der Waals surface area contributed by atoms with Crippen molar-refractivity contribution in [2.75, 3.05) is 18.0 Å². The van der Waals surface area contributed by atoms with Gasteiger partial charge in [0, 0.05) is 47.2 Å². The summed E-state index contributed by atoms with van der Waals surface area (Å²) in [7, 11) is 0. The minimum atomic E-state index is -0.00780. The molecule has 1 aromatic heterocycles. The van der Waals surface area contributed by atoms with Gasteiger partial charge in [-0.25, -0.2) is 4.98 Å². The van der Waals surface area contributed by atoms with Gasteiger partial charge < -0.3 is 10.2 Å². The van der Waals surface area contributed by atoms with Crippen LogP contribution in [0.5, 0.6) is 0 Å². The minimum absolute atomic E-state index is 0.00780. The van der Waals surface area contributed by atoms with E-state index in [4.69, 9.17) is 5.26 Å². The van der Waals surface area contributed by atoms with Gasteiger partial charge >= 0.3 is 0 Å². The van der Waals surface area contributed by atoms with Crippen LogP contribution in [0.25, 0.3) is 0 Å². The first-order valence-electron chi connectivity index (χ1n) is 10.3. The van der Waals surface area contributed by atoms with Crippen molar-refractivity contribution in [3.05, 3.63) is 76.3 Å². The zero-order valence-corrected chi connectivity index (χ0v) is 19.0. The Morgan fingerprint density at radius 2 is 1.90 bits per heavy atom. The van der Waals surface area contributed by atoms with E-state index in [-0.39, 0.29) is 11.9 Å². The van der Waals surface area contributed by atoms with Crippen LogP contribution in [-0.2, 0) is 5.75 Å². The Morgan fingerprint density at radius 1 is 1.19 bits per heavy atom. The van der Waals surface area contributed by atoms with Crippen LogP contribution in [0.2, 0.25) is 0 Å². The van der Waals surface area contributed by atoms with Crippen LogP contribution in [0.3, 0.4) is 0 Å². The summed E-state index contributed by atoms with van der Waals surface area (Å²) in [4.78, 5) is 19.4. The van der Waals surface area contributed by atoms with Crippen molar-refractivity contribution in [3.8, 4) is 6.07 Å². The lowest BCUT2D eigenvalue weighted by Crippen LogP contribution is -2.44. The number of hydrogen-bond acceptors (Lipinski definition) is 6. The second kappa shape index (κ2) is 9.99. The highest BCUT2D eigenvalue weighted by Gasteiger charge is 2.21. The molecule has 4 rings (SSSR count). The number of thioether (sulfide) groups is 1. The van der Waals surface area contributed by atoms with E-state index < -0.39 is 0 Å². The fourth-order valence-corrected chi connectivity index (χ4v) is 5.40. The molecule has 0 bridgehead atoms. The molecule has 1 aliphatic rings. The summed E-state index contributed by atoms with van der Waals surface area (Å²) >= 11 is 3.39. The van der Waals surface area contributed by atoms with Crippen molar-refractivity contribution < 1.29 is 4.79 Å². The summed E-state index contributed by atoms with van der Waals surface area (Å²) in [6, 6.07) is 17.9. The normalized spacial score (nSPS) is 14.3. The van der Waals surface area contributed by atoms with E-state index in [2.05, 4.69) is 26.6 Å². The van der Waals surface area contributed by atoms with Crippen molar-refractivity contribution >= 4 is 34.7 Å². The van der Waals surface area contributed by atoms with Gasteiger partial charge in [0.25, 0.3) is 5.91 Å². The number of nitriles is 1. The summed E-state index contributed by atoms with van der Waals surface area (Å²) in [5.74, 6) is 0.842. The van der Waals surface area contributed by atoms with Gasteiger partial charge in [-0.2, -0.15) is 5.26 Å². The molecule has 31 heavy (non-hydrogen) atoms. The van der Waals surface area contributed by atoms with Gasteiger partial charge in [0.15, 0.2) is 0 Å². The number of aryl methyl sites for hydroxylation is 1. The highest BCUT2D eigenvalue weighted by molar-refractivity contribution is 8.00. The molecule has 0 aliphatic carbocycles. The SMILES string of the molecule is Cc1csc(SCc2ccc(C(=O)NC3CCN(c4ccc(C#N)cc4)CC3)cc2)n1. The predicted molar refractivity (Wildman–Crippen MR) is 127 cm³/mol. The fraction of sp³-hybridized carbons (Fsp3) is 0.292. The van der Waals surface area contributed by atoms with Crippen LogP contribution in [0, 0.1) is 18.3 Å². The summed E-state index contributed by atoms with van der Waals surface area (Å²) in [5.41, 5.74) is 4.75. The van der Waals surface area contributed by atoms with Crippen molar-refractivity contribution in [2.24, 2.45) is 0 Å². The van der Waals surface area contributed by atoms with Crippen LogP contribution >= 0.6 is 23.1 Å². The van der Waals surface area contributed by atoms with Crippen molar-refractivity contribution in [2.45, 2.75) is 35.9 Å². The standard InChI is InChI=1S/C24H24N4OS2/c1-17-15-30-24(26-17)31-16-19-2-6-20(7-3-19)23(29)27-21-10-12-28(13-11-21)22-8-4-18(14-25)5-9-22/h2-9,15,21H,10-13,16H2,1H3,(H,27,29). The van der Waals surface area contributed by atoms with Crippen LogP contribution in [0.15, 0.2) is 58.3 Å².